The highest BCUT2D eigenvalue weighted by Gasteiger charge is 2.30. The standard InChI is InChI=1S/C10H9ClN2O3.C10H11ClN2O2.C8H9ClN2/c1-16-10(15)13-5-4-7-6(9(13)14)2-3-8(11)12-7;1-15-10(14)13-5-4-8-7(6-13)2-3-9(11)12-8;9-8-2-1-6-5-10-4-3-7(6)11-8/h2-3H,4-5H2,1H3;2-3H,4-6H2,1H3;1-2,10H,3-5H2. The molecule has 3 aliphatic rings. The minimum absolute atomic E-state index is 0.270. The van der Waals surface area contributed by atoms with E-state index in [1.165, 1.54) is 25.8 Å². The van der Waals surface area contributed by atoms with Crippen molar-refractivity contribution in [3.63, 3.8) is 0 Å². The molecule has 0 radical (unpaired) electrons. The van der Waals surface area contributed by atoms with Gasteiger partial charge in [0.1, 0.15) is 15.5 Å². The third-order valence-corrected chi connectivity index (χ3v) is 7.35. The number of pyridine rings is 3. The van der Waals surface area contributed by atoms with Crippen LogP contribution in [0, 0.1) is 0 Å². The second-order valence-corrected chi connectivity index (χ2v) is 10.5. The van der Waals surface area contributed by atoms with E-state index in [2.05, 4.69) is 29.7 Å². The van der Waals surface area contributed by atoms with E-state index in [-0.39, 0.29) is 12.6 Å². The lowest BCUT2D eigenvalue weighted by molar-refractivity contribution is 0.0690. The second kappa shape index (κ2) is 14.6. The predicted octanol–water partition coefficient (Wildman–Crippen LogP) is 4.74. The number of carbonyl (C=O) groups is 3. The Morgan fingerprint density at radius 3 is 2.00 bits per heavy atom. The summed E-state index contributed by atoms with van der Waals surface area (Å²) < 4.78 is 9.19. The van der Waals surface area contributed by atoms with Crippen LogP contribution in [-0.2, 0) is 41.8 Å². The number of fused-ring (bicyclic) bond motifs is 3. The SMILES string of the molecule is COC(=O)N1CCc2nc(Cl)ccc2C1.COC(=O)N1CCc2nc(Cl)ccc2C1=O.Clc1ccc2c(n1)CCNC2. The van der Waals surface area contributed by atoms with E-state index in [1.807, 2.05) is 18.2 Å². The molecule has 0 bridgehead atoms. The largest absolute Gasteiger partial charge is 0.453 e. The van der Waals surface area contributed by atoms with Crippen LogP contribution in [0.25, 0.3) is 0 Å². The molecule has 0 unspecified atom stereocenters. The molecule has 6 heterocycles. The van der Waals surface area contributed by atoms with Crippen molar-refractivity contribution >= 4 is 52.9 Å². The van der Waals surface area contributed by atoms with Gasteiger partial charge in [-0.25, -0.2) is 29.4 Å². The van der Waals surface area contributed by atoms with E-state index in [0.29, 0.717) is 46.2 Å². The van der Waals surface area contributed by atoms with Gasteiger partial charge in [-0.05, 0) is 35.4 Å². The number of nitrogens with one attached hydrogen (secondary N) is 1. The van der Waals surface area contributed by atoms with Crippen molar-refractivity contribution in [3.8, 4) is 0 Å². The molecule has 3 aromatic rings. The highest BCUT2D eigenvalue weighted by atomic mass is 35.5. The average molecular weight is 636 g/mol. The zero-order valence-corrected chi connectivity index (χ0v) is 25.3. The minimum Gasteiger partial charge on any atom is -0.453 e. The van der Waals surface area contributed by atoms with Crippen LogP contribution in [0.15, 0.2) is 36.4 Å². The topological polar surface area (TPSA) is 127 Å². The summed E-state index contributed by atoms with van der Waals surface area (Å²) in [6, 6.07) is 10.6. The predicted molar refractivity (Wildman–Crippen MR) is 157 cm³/mol. The molecular weight excluding hydrogens is 607 g/mol. The summed E-state index contributed by atoms with van der Waals surface area (Å²) >= 11 is 17.3. The fourth-order valence-corrected chi connectivity index (χ4v) is 5.09. The van der Waals surface area contributed by atoms with Crippen LogP contribution in [-0.4, -0.2) is 76.7 Å². The molecule has 0 aromatic carbocycles. The fourth-order valence-electron chi connectivity index (χ4n) is 4.59. The van der Waals surface area contributed by atoms with Gasteiger partial charge in [0.05, 0.1) is 32.0 Å². The van der Waals surface area contributed by atoms with Gasteiger partial charge in [-0.15, -0.1) is 0 Å². The lowest BCUT2D eigenvalue weighted by Gasteiger charge is -2.26. The summed E-state index contributed by atoms with van der Waals surface area (Å²) in [5.41, 5.74) is 5.47. The molecule has 0 fully saturated rings. The number of halogens is 3. The number of imide groups is 1. The molecule has 3 aromatic heterocycles. The Balaban J connectivity index is 0.000000147. The lowest BCUT2D eigenvalue weighted by atomic mass is 10.1. The van der Waals surface area contributed by atoms with Crippen LogP contribution >= 0.6 is 34.8 Å². The Morgan fingerprint density at radius 2 is 1.33 bits per heavy atom. The van der Waals surface area contributed by atoms with Gasteiger partial charge in [-0.3, -0.25) is 4.79 Å². The van der Waals surface area contributed by atoms with Crippen molar-refractivity contribution in [2.24, 2.45) is 0 Å². The van der Waals surface area contributed by atoms with Crippen molar-refractivity contribution in [2.45, 2.75) is 32.4 Å². The zero-order chi connectivity index (χ0) is 30.2. The molecule has 1 N–H and O–H groups in total. The first-order chi connectivity index (χ1) is 20.2. The van der Waals surface area contributed by atoms with Crippen LogP contribution in [0.1, 0.15) is 38.6 Å². The first-order valence-corrected chi connectivity index (χ1v) is 14.2. The van der Waals surface area contributed by atoms with Gasteiger partial charge in [-0.1, -0.05) is 46.9 Å². The number of methoxy groups -OCH3 is 2. The highest BCUT2D eigenvalue weighted by Crippen LogP contribution is 2.21. The highest BCUT2D eigenvalue weighted by molar-refractivity contribution is 6.30. The first kappa shape index (κ1) is 31.4. The summed E-state index contributed by atoms with van der Waals surface area (Å²) in [6.45, 7) is 3.39. The maximum absolute atomic E-state index is 11.9. The molecule has 3 aliphatic heterocycles. The zero-order valence-electron chi connectivity index (χ0n) is 23.0. The summed E-state index contributed by atoms with van der Waals surface area (Å²) in [7, 11) is 2.63. The van der Waals surface area contributed by atoms with Crippen molar-refractivity contribution in [1.29, 1.82) is 0 Å². The summed E-state index contributed by atoms with van der Waals surface area (Å²) in [6.07, 6.45) is 1.28. The van der Waals surface area contributed by atoms with Gasteiger partial charge in [0.2, 0.25) is 0 Å². The van der Waals surface area contributed by atoms with Gasteiger partial charge in [0.25, 0.3) is 5.91 Å². The molecule has 0 saturated carbocycles. The number of hydrogen-bond donors (Lipinski definition) is 1. The Morgan fingerprint density at radius 1 is 0.762 bits per heavy atom. The van der Waals surface area contributed by atoms with E-state index < -0.39 is 12.0 Å². The second-order valence-electron chi connectivity index (χ2n) is 9.35. The van der Waals surface area contributed by atoms with E-state index in [0.717, 1.165) is 47.8 Å². The molecule has 42 heavy (non-hydrogen) atoms. The van der Waals surface area contributed by atoms with Gasteiger partial charge >= 0.3 is 12.2 Å². The van der Waals surface area contributed by atoms with Crippen molar-refractivity contribution in [2.75, 3.05) is 33.9 Å². The van der Waals surface area contributed by atoms with E-state index in [4.69, 9.17) is 34.8 Å². The molecule has 0 aliphatic carbocycles. The summed E-state index contributed by atoms with van der Waals surface area (Å²) in [5.74, 6) is -0.391. The van der Waals surface area contributed by atoms with E-state index in [9.17, 15) is 14.4 Å². The number of carbonyl (C=O) groups excluding carboxylic acids is 3. The van der Waals surface area contributed by atoms with E-state index >= 15 is 0 Å². The normalized spacial score (nSPS) is 15.0. The number of rotatable bonds is 0. The van der Waals surface area contributed by atoms with Crippen molar-refractivity contribution < 1.29 is 23.9 Å². The first-order valence-electron chi connectivity index (χ1n) is 13.1. The van der Waals surface area contributed by atoms with Crippen LogP contribution in [0.5, 0.6) is 0 Å². The maximum atomic E-state index is 11.9. The van der Waals surface area contributed by atoms with E-state index in [1.54, 1.807) is 17.0 Å². The number of amides is 3. The molecule has 3 amide bonds. The summed E-state index contributed by atoms with van der Waals surface area (Å²) in [5, 5.41) is 4.73. The lowest BCUT2D eigenvalue weighted by Crippen LogP contribution is -2.42. The number of nitrogens with zero attached hydrogens (tertiary/aromatic N) is 5. The van der Waals surface area contributed by atoms with Crippen molar-refractivity contribution in [1.82, 2.24) is 30.1 Å². The monoisotopic (exact) mass is 634 g/mol. The van der Waals surface area contributed by atoms with Gasteiger partial charge < -0.3 is 19.7 Å². The molecule has 222 valence electrons. The molecular formula is C28H29Cl3N6O5. The average Bonchev–Trinajstić information content (AvgIpc) is 3.00. The van der Waals surface area contributed by atoms with Crippen LogP contribution in [0.3, 0.4) is 0 Å². The Hall–Kier alpha value is -3.51. The third-order valence-electron chi connectivity index (χ3n) is 6.72. The Labute approximate surface area is 258 Å². The Kier molecular flexibility index (Phi) is 10.9. The quantitative estimate of drug-likeness (QED) is 0.349. The third kappa shape index (κ3) is 7.86. The van der Waals surface area contributed by atoms with Gasteiger partial charge in [0, 0.05) is 56.8 Å². The van der Waals surface area contributed by atoms with Gasteiger partial charge in [-0.2, -0.15) is 0 Å². The molecule has 6 rings (SSSR count). The number of aromatic nitrogens is 3. The van der Waals surface area contributed by atoms with Crippen LogP contribution < -0.4 is 5.32 Å². The van der Waals surface area contributed by atoms with Gasteiger partial charge in [0.15, 0.2) is 0 Å². The Bertz CT molecular complexity index is 1470. The smallest absolute Gasteiger partial charge is 0.416 e. The maximum Gasteiger partial charge on any atom is 0.416 e. The molecule has 0 spiro atoms. The fraction of sp³-hybridized carbons (Fsp3) is 0.357. The summed E-state index contributed by atoms with van der Waals surface area (Å²) in [4.78, 5) is 49.7. The molecule has 11 nitrogen and oxygen atoms in total. The minimum atomic E-state index is -0.648. The molecule has 0 saturated heterocycles. The number of hydrogen-bond acceptors (Lipinski definition) is 9. The number of ether oxygens (including phenoxy) is 2. The molecule has 0 atom stereocenters. The van der Waals surface area contributed by atoms with Crippen LogP contribution in [0.4, 0.5) is 9.59 Å². The molecule has 14 heteroatoms. The van der Waals surface area contributed by atoms with Crippen LogP contribution in [0.2, 0.25) is 15.5 Å². The van der Waals surface area contributed by atoms with Crippen molar-refractivity contribution in [3.05, 3.63) is 85.6 Å².